The number of rotatable bonds is 9. The van der Waals surface area contributed by atoms with Crippen LogP contribution in [0.25, 0.3) is 11.0 Å². The molecule has 2 heterocycles. The third-order valence-electron chi connectivity index (χ3n) is 4.35. The van der Waals surface area contributed by atoms with Crippen LogP contribution in [0.15, 0.2) is 24.5 Å². The molecule has 0 amide bonds. The minimum absolute atomic E-state index is 0.0901. The molecule has 0 fully saturated rings. The molecule has 2 rings (SSSR count). The first-order valence-corrected chi connectivity index (χ1v) is 12.2. The molecule has 6 nitrogen and oxygen atoms in total. The summed E-state index contributed by atoms with van der Waals surface area (Å²) in [6.07, 6.45) is 3.64. The normalized spacial score (nSPS) is 11.1. The number of fused-ring (bicyclic) bond motifs is 1. The van der Waals surface area contributed by atoms with Crippen LogP contribution in [0.3, 0.4) is 0 Å². The summed E-state index contributed by atoms with van der Waals surface area (Å²) in [6, 6.07) is 3.81. The third kappa shape index (κ3) is 6.65. The van der Waals surface area contributed by atoms with Gasteiger partial charge in [0.2, 0.25) is 0 Å². The number of ketones is 1. The molecule has 0 aliphatic rings. The van der Waals surface area contributed by atoms with Crippen LogP contribution in [0.1, 0.15) is 10.4 Å². The van der Waals surface area contributed by atoms with Crippen LogP contribution < -0.4 is 0 Å². The molecular weight excluding hydrogens is 457 g/mol. The number of methoxy groups -OCH3 is 1. The first-order valence-electron chi connectivity index (χ1n) is 9.41. The van der Waals surface area contributed by atoms with E-state index in [1.165, 1.54) is 23.5 Å². The van der Waals surface area contributed by atoms with Crippen LogP contribution in [0, 0.1) is 5.92 Å². The van der Waals surface area contributed by atoms with Gasteiger partial charge in [0.1, 0.15) is 14.3 Å². The average molecular weight is 485 g/mol. The third-order valence-corrected chi connectivity index (χ3v) is 8.15. The Bertz CT molecular complexity index is 874. The fourth-order valence-corrected chi connectivity index (χ4v) is 5.00. The number of hydrogen-bond donors (Lipinski definition) is 0. The van der Waals surface area contributed by atoms with Crippen molar-refractivity contribution in [1.82, 2.24) is 19.4 Å². The van der Waals surface area contributed by atoms with Crippen molar-refractivity contribution in [3.8, 4) is 0 Å². The highest BCUT2D eigenvalue weighted by Gasteiger charge is 2.26. The van der Waals surface area contributed by atoms with Crippen molar-refractivity contribution in [3.63, 3.8) is 0 Å². The average Bonchev–Trinajstić information content (AvgIpc) is 3.09. The van der Waals surface area contributed by atoms with Gasteiger partial charge in [-0.15, -0.1) is 0 Å². The Hall–Kier alpha value is -1.20. The van der Waals surface area contributed by atoms with E-state index in [1.807, 2.05) is 60.9 Å². The number of thiocarbonyl (C=S) groups is 2. The van der Waals surface area contributed by atoms with Gasteiger partial charge in [-0.05, 0) is 12.1 Å². The summed E-state index contributed by atoms with van der Waals surface area (Å²) in [4.78, 5) is 21.9. The van der Waals surface area contributed by atoms with Crippen molar-refractivity contribution in [1.29, 1.82) is 0 Å². The van der Waals surface area contributed by atoms with Gasteiger partial charge in [0.15, 0.2) is 5.78 Å². The summed E-state index contributed by atoms with van der Waals surface area (Å²) in [5, 5.41) is 0.865. The molecule has 30 heavy (non-hydrogen) atoms. The van der Waals surface area contributed by atoms with Crippen LogP contribution >= 0.6 is 48.0 Å². The summed E-state index contributed by atoms with van der Waals surface area (Å²) in [7, 11) is 9.32. The molecule has 164 valence electrons. The predicted molar refractivity (Wildman–Crippen MR) is 137 cm³/mol. The van der Waals surface area contributed by atoms with E-state index in [9.17, 15) is 4.79 Å². The standard InChI is InChI=1S/C20H28N4O2S4/c1-22(2)19(27)29-12-14(13-30-20(28)23(3)4)17(25)16-11-24(9-10-26-5)18-15(16)7-6-8-21-18/h6-8,11,14H,9-10,12-13H2,1-5H3. The fourth-order valence-electron chi connectivity index (χ4n) is 2.70. The highest BCUT2D eigenvalue weighted by molar-refractivity contribution is 8.23. The minimum Gasteiger partial charge on any atom is -0.383 e. The Kier molecular flexibility index (Phi) is 10.0. The molecule has 0 spiro atoms. The summed E-state index contributed by atoms with van der Waals surface area (Å²) in [5.41, 5.74) is 1.48. The molecule has 10 heteroatoms. The first kappa shape index (κ1) is 25.1. The number of ether oxygens (including phenoxy) is 1. The maximum absolute atomic E-state index is 13.6. The number of carbonyl (C=O) groups excluding carboxylic acids is 1. The Labute approximate surface area is 197 Å². The SMILES string of the molecule is COCCn1cc(C(=O)C(CSC(=S)N(C)C)CSC(=S)N(C)C)c2cccnc21. The van der Waals surface area contributed by atoms with Crippen LogP contribution in [0.2, 0.25) is 0 Å². The van der Waals surface area contributed by atoms with Gasteiger partial charge in [-0.1, -0.05) is 48.0 Å². The van der Waals surface area contributed by atoms with Gasteiger partial charge in [0.05, 0.1) is 6.61 Å². The largest absolute Gasteiger partial charge is 0.383 e. The number of aromatic nitrogens is 2. The highest BCUT2D eigenvalue weighted by Crippen LogP contribution is 2.27. The molecule has 0 saturated carbocycles. The summed E-state index contributed by atoms with van der Waals surface area (Å²) in [6.45, 7) is 1.19. The van der Waals surface area contributed by atoms with Crippen LogP contribution in [0.4, 0.5) is 0 Å². The molecule has 0 aliphatic heterocycles. The first-order chi connectivity index (χ1) is 14.3. The molecule has 0 aromatic carbocycles. The Balaban J connectivity index is 2.31. The van der Waals surface area contributed by atoms with Gasteiger partial charge in [-0.25, -0.2) is 4.98 Å². The zero-order chi connectivity index (χ0) is 22.3. The van der Waals surface area contributed by atoms with E-state index in [0.29, 0.717) is 30.2 Å². The number of pyridine rings is 1. The molecule has 0 bridgehead atoms. The molecule has 0 radical (unpaired) electrons. The second-order valence-corrected chi connectivity index (χ2v) is 10.4. The zero-order valence-electron chi connectivity index (χ0n) is 18.0. The van der Waals surface area contributed by atoms with E-state index in [-0.39, 0.29) is 11.7 Å². The number of nitrogens with zero attached hydrogens (tertiary/aromatic N) is 4. The van der Waals surface area contributed by atoms with Gasteiger partial charge in [-0.3, -0.25) is 4.79 Å². The van der Waals surface area contributed by atoms with Crippen molar-refractivity contribution in [3.05, 3.63) is 30.1 Å². The monoisotopic (exact) mass is 484 g/mol. The lowest BCUT2D eigenvalue weighted by molar-refractivity contribution is 0.0945. The number of carbonyl (C=O) groups is 1. The van der Waals surface area contributed by atoms with Gasteiger partial charge in [-0.2, -0.15) is 0 Å². The molecule has 0 aliphatic carbocycles. The van der Waals surface area contributed by atoms with Crippen LogP contribution in [0.5, 0.6) is 0 Å². The summed E-state index contributed by atoms with van der Waals surface area (Å²) < 4.78 is 8.72. The van der Waals surface area contributed by atoms with Crippen LogP contribution in [-0.4, -0.2) is 87.2 Å². The van der Waals surface area contributed by atoms with Crippen molar-refractivity contribution in [2.24, 2.45) is 5.92 Å². The smallest absolute Gasteiger partial charge is 0.169 e. The van der Waals surface area contributed by atoms with Crippen LogP contribution in [-0.2, 0) is 11.3 Å². The highest BCUT2D eigenvalue weighted by atomic mass is 32.2. The van der Waals surface area contributed by atoms with Gasteiger partial charge in [0.25, 0.3) is 0 Å². The van der Waals surface area contributed by atoms with E-state index in [2.05, 4.69) is 4.98 Å². The summed E-state index contributed by atoms with van der Waals surface area (Å²) >= 11 is 13.9. The van der Waals surface area contributed by atoms with E-state index >= 15 is 0 Å². The molecule has 0 saturated heterocycles. The predicted octanol–water partition coefficient (Wildman–Crippen LogP) is 3.64. The minimum atomic E-state index is -0.225. The lowest BCUT2D eigenvalue weighted by atomic mass is 10.0. The van der Waals surface area contributed by atoms with E-state index < -0.39 is 0 Å². The van der Waals surface area contributed by atoms with Crippen molar-refractivity contribution in [2.75, 3.05) is 53.4 Å². The number of thioether (sulfide) groups is 2. The van der Waals surface area contributed by atoms with Crippen molar-refractivity contribution >= 4 is 73.4 Å². The lowest BCUT2D eigenvalue weighted by Gasteiger charge is -2.19. The Morgan fingerprint density at radius 2 is 1.77 bits per heavy atom. The maximum Gasteiger partial charge on any atom is 0.169 e. The van der Waals surface area contributed by atoms with Crippen molar-refractivity contribution < 1.29 is 9.53 Å². The molecule has 2 aromatic heterocycles. The van der Waals surface area contributed by atoms with Gasteiger partial charge < -0.3 is 19.1 Å². The molecular formula is C20H28N4O2S4. The number of hydrogen-bond acceptors (Lipinski definition) is 7. The Morgan fingerprint density at radius 1 is 1.17 bits per heavy atom. The maximum atomic E-state index is 13.6. The van der Waals surface area contributed by atoms with E-state index in [0.717, 1.165) is 19.7 Å². The summed E-state index contributed by atoms with van der Waals surface area (Å²) in [5.74, 6) is 1.07. The molecule has 0 unspecified atom stereocenters. The van der Waals surface area contributed by atoms with Crippen molar-refractivity contribution in [2.45, 2.75) is 6.54 Å². The van der Waals surface area contributed by atoms with Gasteiger partial charge in [0, 0.05) is 82.6 Å². The zero-order valence-corrected chi connectivity index (χ0v) is 21.2. The topological polar surface area (TPSA) is 50.6 Å². The van der Waals surface area contributed by atoms with E-state index in [1.54, 1.807) is 13.3 Å². The Morgan fingerprint density at radius 3 is 2.30 bits per heavy atom. The quantitative estimate of drug-likeness (QED) is 0.392. The van der Waals surface area contributed by atoms with E-state index in [4.69, 9.17) is 29.2 Å². The molecule has 0 N–H and O–H groups in total. The fraction of sp³-hybridized carbons (Fsp3) is 0.500. The number of Topliss-reactive ketones (excluding diaryl/α,β-unsaturated/α-hetero) is 1. The lowest BCUT2D eigenvalue weighted by Crippen LogP contribution is -2.25. The second kappa shape index (κ2) is 12.0. The molecule has 2 aromatic rings. The van der Waals surface area contributed by atoms with Gasteiger partial charge >= 0.3 is 0 Å². The second-order valence-electron chi connectivity index (χ2n) is 7.11. The molecule has 0 atom stereocenters.